The van der Waals surface area contributed by atoms with Crippen LogP contribution in [-0.2, 0) is 22.2 Å². The number of benzene rings is 1. The van der Waals surface area contributed by atoms with Crippen LogP contribution in [-0.4, -0.2) is 33.3 Å². The first kappa shape index (κ1) is 24.4. The van der Waals surface area contributed by atoms with E-state index in [1.807, 2.05) is 0 Å². The third-order valence-corrected chi connectivity index (χ3v) is 6.87. The number of rotatable bonds is 4. The minimum absolute atomic E-state index is 0.144. The molecule has 184 valence electrons. The van der Waals surface area contributed by atoms with E-state index >= 15 is 0 Å². The number of aromatic nitrogens is 4. The summed E-state index contributed by atoms with van der Waals surface area (Å²) in [5.74, 6) is -0.872. The summed E-state index contributed by atoms with van der Waals surface area (Å²) >= 11 is 0. The maximum absolute atomic E-state index is 13.0. The summed E-state index contributed by atoms with van der Waals surface area (Å²) in [4.78, 5) is 16.4. The molecule has 3 heterocycles. The van der Waals surface area contributed by atoms with E-state index in [0.717, 1.165) is 48.7 Å². The largest absolute Gasteiger partial charge is 0.417 e. The van der Waals surface area contributed by atoms with Gasteiger partial charge in [-0.3, -0.25) is 0 Å². The monoisotopic (exact) mass is 516 g/mol. The van der Waals surface area contributed by atoms with Crippen molar-refractivity contribution in [1.82, 2.24) is 19.2 Å². The quantitative estimate of drug-likeness (QED) is 0.376. The number of alkyl halides is 6. The fraction of sp³-hybridized carbons (Fsp3) is 0.190. The van der Waals surface area contributed by atoms with E-state index in [9.17, 15) is 39.6 Å². The van der Waals surface area contributed by atoms with Crippen LogP contribution in [0.2, 0.25) is 0 Å². The van der Waals surface area contributed by atoms with Gasteiger partial charge < -0.3 is 0 Å². The number of pyridine rings is 2. The lowest BCUT2D eigenvalue weighted by molar-refractivity contribution is -0.138. The molecule has 0 bridgehead atoms. The number of fused-ring (bicyclic) bond motifs is 1. The lowest BCUT2D eigenvalue weighted by atomic mass is 10.1. The van der Waals surface area contributed by atoms with Crippen molar-refractivity contribution in [1.29, 1.82) is 0 Å². The second kappa shape index (κ2) is 8.22. The third kappa shape index (κ3) is 4.52. The van der Waals surface area contributed by atoms with Crippen molar-refractivity contribution in [2.75, 3.05) is 5.75 Å². The molecule has 0 spiro atoms. The number of hydrogen-bond donors (Lipinski definition) is 0. The Morgan fingerprint density at radius 2 is 1.49 bits per heavy atom. The van der Waals surface area contributed by atoms with Crippen LogP contribution < -0.4 is 5.69 Å². The third-order valence-electron chi connectivity index (χ3n) is 5.14. The average molecular weight is 516 g/mol. The van der Waals surface area contributed by atoms with E-state index in [2.05, 4.69) is 10.1 Å². The Kier molecular flexibility index (Phi) is 5.74. The summed E-state index contributed by atoms with van der Waals surface area (Å²) in [6.45, 7) is 1.33. The van der Waals surface area contributed by atoms with Gasteiger partial charge in [-0.2, -0.15) is 31.0 Å². The maximum atomic E-state index is 13.0. The molecule has 0 saturated carbocycles. The molecular weight excluding hydrogens is 502 g/mol. The van der Waals surface area contributed by atoms with Gasteiger partial charge in [0.25, 0.3) is 0 Å². The molecule has 14 heteroatoms. The molecule has 0 N–H and O–H groups in total. The Morgan fingerprint density at radius 1 is 0.886 bits per heavy atom. The molecule has 0 aliphatic heterocycles. The number of halogens is 6. The van der Waals surface area contributed by atoms with E-state index in [0.29, 0.717) is 15.3 Å². The molecular formula is C21H14F6N4O3S. The van der Waals surface area contributed by atoms with Crippen LogP contribution in [0.5, 0.6) is 0 Å². The first-order valence-electron chi connectivity index (χ1n) is 9.82. The topological polar surface area (TPSA) is 86.3 Å². The van der Waals surface area contributed by atoms with E-state index in [-0.39, 0.29) is 16.8 Å². The van der Waals surface area contributed by atoms with Gasteiger partial charge in [0.15, 0.2) is 21.3 Å². The molecule has 4 rings (SSSR count). The van der Waals surface area contributed by atoms with Gasteiger partial charge in [-0.25, -0.2) is 22.6 Å². The standard InChI is InChI=1S/C21H14F6N4O3S/c1-2-35(33,34)16-9-13(12-3-5-14(6-4-12)20(22,23)24)10-28-18(16)31-19(32)30-11-15(21(25,26)27)7-8-17(30)29-31/h3-11H,2H2,1H3. The van der Waals surface area contributed by atoms with Gasteiger partial charge in [0.2, 0.25) is 0 Å². The minimum atomic E-state index is -4.73. The second-order valence-electron chi connectivity index (χ2n) is 7.36. The average Bonchev–Trinajstić information content (AvgIpc) is 3.13. The predicted octanol–water partition coefficient (Wildman–Crippen LogP) is 4.38. The highest BCUT2D eigenvalue weighted by Crippen LogP contribution is 2.32. The van der Waals surface area contributed by atoms with Crippen molar-refractivity contribution in [3.05, 3.63) is 76.5 Å². The molecule has 3 aromatic heterocycles. The van der Waals surface area contributed by atoms with Gasteiger partial charge in [0, 0.05) is 18.0 Å². The SMILES string of the molecule is CCS(=O)(=O)c1cc(-c2ccc(C(F)(F)F)cc2)cnc1-n1nc2ccc(C(F)(F)F)cn2c1=O. The highest BCUT2D eigenvalue weighted by Gasteiger charge is 2.32. The first-order valence-corrected chi connectivity index (χ1v) is 11.5. The number of sulfone groups is 1. The molecule has 0 atom stereocenters. The highest BCUT2D eigenvalue weighted by molar-refractivity contribution is 7.91. The molecule has 4 aromatic rings. The van der Waals surface area contributed by atoms with Gasteiger partial charge >= 0.3 is 18.0 Å². The van der Waals surface area contributed by atoms with Crippen molar-refractivity contribution in [2.45, 2.75) is 24.2 Å². The van der Waals surface area contributed by atoms with Crippen LogP contribution in [0.1, 0.15) is 18.1 Å². The lowest BCUT2D eigenvalue weighted by Crippen LogP contribution is -2.23. The molecule has 0 amide bonds. The molecule has 0 radical (unpaired) electrons. The lowest BCUT2D eigenvalue weighted by Gasteiger charge is -2.11. The van der Waals surface area contributed by atoms with Crippen molar-refractivity contribution >= 4 is 15.5 Å². The summed E-state index contributed by atoms with van der Waals surface area (Å²) in [5, 5.41) is 3.90. The van der Waals surface area contributed by atoms with Crippen LogP contribution in [0.25, 0.3) is 22.6 Å². The van der Waals surface area contributed by atoms with Crippen molar-refractivity contribution in [3.8, 4) is 16.9 Å². The highest BCUT2D eigenvalue weighted by atomic mass is 32.2. The fourth-order valence-electron chi connectivity index (χ4n) is 3.27. The Labute approximate surface area is 193 Å². The molecule has 0 unspecified atom stereocenters. The second-order valence-corrected chi connectivity index (χ2v) is 9.61. The van der Waals surface area contributed by atoms with Crippen LogP contribution in [0.4, 0.5) is 26.3 Å². The zero-order valence-corrected chi connectivity index (χ0v) is 18.4. The van der Waals surface area contributed by atoms with Crippen molar-refractivity contribution < 1.29 is 34.8 Å². The molecule has 0 aliphatic carbocycles. The summed E-state index contributed by atoms with van der Waals surface area (Å²) in [7, 11) is -4.06. The Morgan fingerprint density at radius 3 is 2.06 bits per heavy atom. The predicted molar refractivity (Wildman–Crippen MR) is 112 cm³/mol. The van der Waals surface area contributed by atoms with Crippen LogP contribution in [0, 0.1) is 0 Å². The zero-order chi connectivity index (χ0) is 25.8. The van der Waals surface area contributed by atoms with E-state index in [4.69, 9.17) is 0 Å². The van der Waals surface area contributed by atoms with Gasteiger partial charge in [0.1, 0.15) is 4.90 Å². The summed E-state index contributed by atoms with van der Waals surface area (Å²) in [6, 6.07) is 6.71. The Balaban J connectivity index is 1.90. The van der Waals surface area contributed by atoms with E-state index in [1.54, 1.807) is 0 Å². The van der Waals surface area contributed by atoms with Crippen molar-refractivity contribution in [2.24, 2.45) is 0 Å². The van der Waals surface area contributed by atoms with Crippen LogP contribution >= 0.6 is 0 Å². The van der Waals surface area contributed by atoms with Crippen molar-refractivity contribution in [3.63, 3.8) is 0 Å². The van der Waals surface area contributed by atoms with Gasteiger partial charge in [-0.05, 0) is 35.9 Å². The molecule has 1 aromatic carbocycles. The van der Waals surface area contributed by atoms with E-state index in [1.165, 1.54) is 6.92 Å². The van der Waals surface area contributed by atoms with Gasteiger partial charge in [-0.15, -0.1) is 5.10 Å². The molecule has 0 aliphatic rings. The summed E-state index contributed by atoms with van der Waals surface area (Å²) < 4.78 is 104. The van der Waals surface area contributed by atoms with Gasteiger partial charge in [0.05, 0.1) is 16.9 Å². The number of nitrogens with zero attached hydrogens (tertiary/aromatic N) is 4. The summed E-state index contributed by atoms with van der Waals surface area (Å²) in [6.07, 6.45) is -7.63. The first-order chi connectivity index (χ1) is 16.2. The molecule has 0 saturated heterocycles. The smallest absolute Gasteiger partial charge is 0.249 e. The minimum Gasteiger partial charge on any atom is -0.249 e. The Bertz CT molecular complexity index is 1590. The number of hydrogen-bond acceptors (Lipinski definition) is 5. The van der Waals surface area contributed by atoms with Gasteiger partial charge in [-0.1, -0.05) is 19.1 Å². The van der Waals surface area contributed by atoms with E-state index < -0.39 is 55.5 Å². The zero-order valence-electron chi connectivity index (χ0n) is 17.6. The molecule has 7 nitrogen and oxygen atoms in total. The Hall–Kier alpha value is -3.68. The van der Waals surface area contributed by atoms with Crippen LogP contribution in [0.15, 0.2) is 64.5 Å². The fourth-order valence-corrected chi connectivity index (χ4v) is 4.31. The normalized spacial score (nSPS) is 12.9. The maximum Gasteiger partial charge on any atom is 0.417 e. The van der Waals surface area contributed by atoms with Crippen LogP contribution in [0.3, 0.4) is 0 Å². The molecule has 35 heavy (non-hydrogen) atoms. The summed E-state index contributed by atoms with van der Waals surface area (Å²) in [5.41, 5.74) is -2.92. The molecule has 0 fully saturated rings.